The van der Waals surface area contributed by atoms with Gasteiger partial charge in [0.1, 0.15) is 5.82 Å². The maximum absolute atomic E-state index is 13.7. The van der Waals surface area contributed by atoms with Crippen LogP contribution in [0.5, 0.6) is 0 Å². The van der Waals surface area contributed by atoms with E-state index in [1.54, 1.807) is 12.1 Å². The highest BCUT2D eigenvalue weighted by Crippen LogP contribution is 2.36. The van der Waals surface area contributed by atoms with Crippen molar-refractivity contribution in [3.63, 3.8) is 0 Å². The largest absolute Gasteiger partial charge is 0.207 e. The van der Waals surface area contributed by atoms with Crippen LogP contribution in [0.2, 0.25) is 0 Å². The first-order valence-electron chi connectivity index (χ1n) is 6.14. The summed E-state index contributed by atoms with van der Waals surface area (Å²) in [5.74, 6) is 1.25. The zero-order chi connectivity index (χ0) is 12.4. The van der Waals surface area contributed by atoms with E-state index >= 15 is 0 Å². The normalized spacial score (nSPS) is 29.3. The van der Waals surface area contributed by atoms with E-state index in [9.17, 15) is 4.39 Å². The second kappa shape index (κ2) is 5.83. The number of hydrogen-bond acceptors (Lipinski definition) is 0. The molecule has 2 rings (SSSR count). The van der Waals surface area contributed by atoms with E-state index in [2.05, 4.69) is 38.8 Å². The zero-order valence-corrected chi connectivity index (χ0v) is 13.1. The molecule has 1 aliphatic carbocycles. The third-order valence-electron chi connectivity index (χ3n) is 3.64. The van der Waals surface area contributed by atoms with Crippen molar-refractivity contribution in [3.8, 4) is 0 Å². The lowest BCUT2D eigenvalue weighted by molar-refractivity contribution is 0.292. The van der Waals surface area contributed by atoms with Gasteiger partial charge in [-0.2, -0.15) is 0 Å². The lowest BCUT2D eigenvalue weighted by Crippen LogP contribution is -2.25. The molecule has 0 bridgehead atoms. The highest BCUT2D eigenvalue weighted by molar-refractivity contribution is 9.10. The minimum Gasteiger partial charge on any atom is -0.207 e. The molecule has 0 saturated heterocycles. The molecule has 0 aliphatic heterocycles. The van der Waals surface area contributed by atoms with Gasteiger partial charge >= 0.3 is 0 Å². The van der Waals surface area contributed by atoms with Crippen LogP contribution in [0.25, 0.3) is 0 Å². The first-order chi connectivity index (χ1) is 8.06. The molecule has 3 atom stereocenters. The molecule has 1 aliphatic rings. The molecular formula is C14H17Br2F. The van der Waals surface area contributed by atoms with Gasteiger partial charge in [0.2, 0.25) is 0 Å². The van der Waals surface area contributed by atoms with Gasteiger partial charge in [-0.05, 0) is 61.3 Å². The SMILES string of the molecule is CC1CCC(Br)C(Cc2cc(Br)ccc2F)C1. The van der Waals surface area contributed by atoms with Crippen molar-refractivity contribution >= 4 is 31.9 Å². The number of alkyl halides is 1. The predicted octanol–water partition coefficient (Wildman–Crippen LogP) is 5.33. The van der Waals surface area contributed by atoms with Crippen molar-refractivity contribution in [2.45, 2.75) is 37.4 Å². The molecule has 17 heavy (non-hydrogen) atoms. The van der Waals surface area contributed by atoms with Gasteiger partial charge in [0.05, 0.1) is 0 Å². The molecule has 1 aromatic rings. The van der Waals surface area contributed by atoms with Crippen LogP contribution in [0.1, 0.15) is 31.7 Å². The van der Waals surface area contributed by atoms with E-state index in [1.165, 1.54) is 19.3 Å². The van der Waals surface area contributed by atoms with E-state index in [4.69, 9.17) is 0 Å². The molecule has 1 aromatic carbocycles. The van der Waals surface area contributed by atoms with Crippen LogP contribution in [0.3, 0.4) is 0 Å². The topological polar surface area (TPSA) is 0 Å². The summed E-state index contributed by atoms with van der Waals surface area (Å²) in [6.07, 6.45) is 4.53. The van der Waals surface area contributed by atoms with Crippen LogP contribution in [-0.2, 0) is 6.42 Å². The van der Waals surface area contributed by atoms with Crippen molar-refractivity contribution in [2.75, 3.05) is 0 Å². The summed E-state index contributed by atoms with van der Waals surface area (Å²) < 4.78 is 14.7. The molecule has 0 heterocycles. The lowest BCUT2D eigenvalue weighted by Gasteiger charge is -2.31. The smallest absolute Gasteiger partial charge is 0.126 e. The minimum absolute atomic E-state index is 0.0777. The number of halogens is 3. The molecule has 3 heteroatoms. The summed E-state index contributed by atoms with van der Waals surface area (Å²) >= 11 is 7.16. The average Bonchev–Trinajstić information content (AvgIpc) is 2.28. The Balaban J connectivity index is 2.11. The Labute approximate surface area is 119 Å². The van der Waals surface area contributed by atoms with Crippen LogP contribution in [-0.4, -0.2) is 4.83 Å². The highest BCUT2D eigenvalue weighted by atomic mass is 79.9. The summed E-state index contributed by atoms with van der Waals surface area (Å²) in [5, 5.41) is 0. The lowest BCUT2D eigenvalue weighted by atomic mass is 9.79. The van der Waals surface area contributed by atoms with Gasteiger partial charge in [0.25, 0.3) is 0 Å². The fraction of sp³-hybridized carbons (Fsp3) is 0.571. The van der Waals surface area contributed by atoms with Crippen molar-refractivity contribution in [2.24, 2.45) is 11.8 Å². The molecule has 0 radical (unpaired) electrons. The van der Waals surface area contributed by atoms with E-state index in [0.29, 0.717) is 10.7 Å². The molecule has 1 saturated carbocycles. The Bertz CT molecular complexity index is 392. The Morgan fingerprint density at radius 2 is 2.12 bits per heavy atom. The second-order valence-corrected chi connectivity index (χ2v) is 7.23. The Hall–Kier alpha value is 0.110. The van der Waals surface area contributed by atoms with Crippen molar-refractivity contribution < 1.29 is 4.39 Å². The standard InChI is InChI=1S/C14H17Br2F/c1-9-2-4-13(16)10(6-9)7-11-8-12(15)3-5-14(11)17/h3,5,8-10,13H,2,4,6-7H2,1H3. The average molecular weight is 364 g/mol. The summed E-state index contributed by atoms with van der Waals surface area (Å²) in [6, 6.07) is 5.22. The molecule has 3 unspecified atom stereocenters. The molecular weight excluding hydrogens is 347 g/mol. The number of rotatable bonds is 2. The quantitative estimate of drug-likeness (QED) is 0.623. The van der Waals surface area contributed by atoms with Crippen molar-refractivity contribution in [3.05, 3.63) is 34.1 Å². The van der Waals surface area contributed by atoms with Gasteiger partial charge in [0, 0.05) is 9.30 Å². The zero-order valence-electron chi connectivity index (χ0n) is 9.93. The first-order valence-corrected chi connectivity index (χ1v) is 7.85. The molecule has 0 nitrogen and oxygen atoms in total. The minimum atomic E-state index is -0.0777. The summed E-state index contributed by atoms with van der Waals surface area (Å²) in [7, 11) is 0. The van der Waals surface area contributed by atoms with E-state index in [-0.39, 0.29) is 5.82 Å². The van der Waals surface area contributed by atoms with Crippen molar-refractivity contribution in [1.82, 2.24) is 0 Å². The van der Waals surface area contributed by atoms with Gasteiger partial charge in [0.15, 0.2) is 0 Å². The highest BCUT2D eigenvalue weighted by Gasteiger charge is 2.27. The van der Waals surface area contributed by atoms with Gasteiger partial charge in [-0.1, -0.05) is 38.8 Å². The molecule has 0 amide bonds. The van der Waals surface area contributed by atoms with Crippen molar-refractivity contribution in [1.29, 1.82) is 0 Å². The number of hydrogen-bond donors (Lipinski definition) is 0. The fourth-order valence-electron chi connectivity index (χ4n) is 2.66. The predicted molar refractivity (Wildman–Crippen MR) is 77.0 cm³/mol. The van der Waals surface area contributed by atoms with E-state index in [0.717, 1.165) is 22.4 Å². The maximum atomic E-state index is 13.7. The van der Waals surface area contributed by atoms with Crippen LogP contribution in [0, 0.1) is 17.7 Å². The van der Waals surface area contributed by atoms with Crippen LogP contribution < -0.4 is 0 Å². The molecule has 0 spiro atoms. The summed E-state index contributed by atoms with van der Waals surface area (Å²) in [4.78, 5) is 0.539. The monoisotopic (exact) mass is 362 g/mol. The molecule has 0 aromatic heterocycles. The fourth-order valence-corrected chi connectivity index (χ4v) is 3.73. The van der Waals surface area contributed by atoms with Crippen LogP contribution in [0.15, 0.2) is 22.7 Å². The van der Waals surface area contributed by atoms with E-state index in [1.807, 2.05) is 6.07 Å². The molecule has 1 fully saturated rings. The Morgan fingerprint density at radius 1 is 1.35 bits per heavy atom. The number of benzene rings is 1. The first kappa shape index (κ1) is 13.5. The van der Waals surface area contributed by atoms with Gasteiger partial charge < -0.3 is 0 Å². The van der Waals surface area contributed by atoms with Gasteiger partial charge in [-0.3, -0.25) is 0 Å². The summed E-state index contributed by atoms with van der Waals surface area (Å²) in [6.45, 7) is 2.29. The Kier molecular flexibility index (Phi) is 4.65. The molecule has 0 N–H and O–H groups in total. The summed E-state index contributed by atoms with van der Waals surface area (Å²) in [5.41, 5.74) is 0.836. The maximum Gasteiger partial charge on any atom is 0.126 e. The van der Waals surface area contributed by atoms with Crippen LogP contribution in [0.4, 0.5) is 4.39 Å². The third-order valence-corrected chi connectivity index (χ3v) is 5.34. The third kappa shape index (κ3) is 3.54. The van der Waals surface area contributed by atoms with Crippen LogP contribution >= 0.6 is 31.9 Å². The van der Waals surface area contributed by atoms with Gasteiger partial charge in [-0.25, -0.2) is 4.39 Å². The molecule has 94 valence electrons. The van der Waals surface area contributed by atoms with E-state index < -0.39 is 0 Å². The second-order valence-electron chi connectivity index (χ2n) is 5.13. The van der Waals surface area contributed by atoms with Gasteiger partial charge in [-0.15, -0.1) is 0 Å². The Morgan fingerprint density at radius 3 is 2.88 bits per heavy atom.